The van der Waals surface area contributed by atoms with Gasteiger partial charge in [0.15, 0.2) is 0 Å². The van der Waals surface area contributed by atoms with E-state index in [1.807, 2.05) is 19.4 Å². The molecule has 2 atom stereocenters. The van der Waals surface area contributed by atoms with Crippen molar-refractivity contribution in [2.75, 3.05) is 26.4 Å². The van der Waals surface area contributed by atoms with Crippen molar-refractivity contribution in [1.29, 1.82) is 0 Å². The Morgan fingerprint density at radius 2 is 2.21 bits per heavy atom. The Balaban J connectivity index is 1.64. The van der Waals surface area contributed by atoms with Crippen LogP contribution in [0.3, 0.4) is 0 Å². The minimum Gasteiger partial charge on any atom is -0.465 e. The molecule has 0 saturated carbocycles. The van der Waals surface area contributed by atoms with E-state index in [9.17, 15) is 4.79 Å². The molecule has 0 radical (unpaired) electrons. The summed E-state index contributed by atoms with van der Waals surface area (Å²) in [5.41, 5.74) is 9.87. The van der Waals surface area contributed by atoms with Gasteiger partial charge < -0.3 is 14.0 Å². The van der Waals surface area contributed by atoms with Crippen LogP contribution in [0.15, 0.2) is 36.8 Å². The number of hydrazine groups is 1. The van der Waals surface area contributed by atoms with Crippen LogP contribution >= 0.6 is 0 Å². The second kappa shape index (κ2) is 8.65. The number of nitrogens with one attached hydrogen (secondary N) is 2. The molecule has 1 aromatic carbocycles. The fourth-order valence-corrected chi connectivity index (χ4v) is 4.60. The number of nitrogens with zero attached hydrogens (tertiary/aromatic N) is 2. The van der Waals surface area contributed by atoms with Crippen molar-refractivity contribution in [1.82, 2.24) is 20.4 Å². The lowest BCUT2D eigenvalue weighted by atomic mass is 9.73. The van der Waals surface area contributed by atoms with Gasteiger partial charge in [-0.15, -0.1) is 0 Å². The van der Waals surface area contributed by atoms with E-state index in [1.54, 1.807) is 0 Å². The van der Waals surface area contributed by atoms with Crippen molar-refractivity contribution in [2.24, 2.45) is 0 Å². The number of ether oxygens (including phenoxy) is 2. The number of rotatable bonds is 6. The van der Waals surface area contributed by atoms with Crippen LogP contribution in [0.5, 0.6) is 0 Å². The van der Waals surface area contributed by atoms with E-state index in [4.69, 9.17) is 9.47 Å². The molecule has 2 aliphatic rings. The zero-order valence-corrected chi connectivity index (χ0v) is 17.2. The Kier molecular flexibility index (Phi) is 5.99. The van der Waals surface area contributed by atoms with Gasteiger partial charge in [-0.05, 0) is 32.3 Å². The van der Waals surface area contributed by atoms with Crippen molar-refractivity contribution in [2.45, 2.75) is 50.6 Å². The number of carbonyl (C=O) groups is 1. The molecule has 0 bridgehead atoms. The highest BCUT2D eigenvalue weighted by Gasteiger charge is 2.39. The third kappa shape index (κ3) is 4.08. The van der Waals surface area contributed by atoms with Gasteiger partial charge in [-0.25, -0.2) is 10.4 Å². The highest BCUT2D eigenvalue weighted by atomic mass is 16.5. The first-order valence-electron chi connectivity index (χ1n) is 10.4. The largest absolute Gasteiger partial charge is 0.465 e. The highest BCUT2D eigenvalue weighted by molar-refractivity contribution is 5.77. The quantitative estimate of drug-likeness (QED) is 0.726. The summed E-state index contributed by atoms with van der Waals surface area (Å²) >= 11 is 0. The highest BCUT2D eigenvalue weighted by Crippen LogP contribution is 2.38. The molecule has 2 aliphatic heterocycles. The summed E-state index contributed by atoms with van der Waals surface area (Å²) in [5, 5.41) is 0. The van der Waals surface area contributed by atoms with Crippen molar-refractivity contribution in [3.63, 3.8) is 0 Å². The predicted molar refractivity (Wildman–Crippen MR) is 109 cm³/mol. The second-order valence-corrected chi connectivity index (χ2v) is 8.07. The molecule has 7 nitrogen and oxygen atoms in total. The van der Waals surface area contributed by atoms with Crippen LogP contribution in [-0.2, 0) is 26.2 Å². The van der Waals surface area contributed by atoms with Crippen LogP contribution in [0.2, 0.25) is 0 Å². The van der Waals surface area contributed by atoms with Gasteiger partial charge in [-0.1, -0.05) is 29.8 Å². The van der Waals surface area contributed by atoms with Gasteiger partial charge in [-0.2, -0.15) is 0 Å². The number of aromatic nitrogens is 2. The molecule has 0 spiro atoms. The summed E-state index contributed by atoms with van der Waals surface area (Å²) in [7, 11) is 0. The molecule has 29 heavy (non-hydrogen) atoms. The number of aryl methyl sites for hydroxylation is 1. The third-order valence-corrected chi connectivity index (χ3v) is 6.20. The first-order chi connectivity index (χ1) is 14.1. The van der Waals surface area contributed by atoms with E-state index in [2.05, 4.69) is 51.6 Å². The first kappa shape index (κ1) is 20.1. The molecule has 156 valence electrons. The Hall–Kier alpha value is -2.22. The maximum atomic E-state index is 12.4. The van der Waals surface area contributed by atoms with Crippen LogP contribution in [-0.4, -0.2) is 47.9 Å². The SMILES string of the molecule is CCOC(=O)C1NNCC1c1cncn1CC1(c2cccc(C)c2)CCOCC1. The van der Waals surface area contributed by atoms with E-state index in [1.165, 1.54) is 11.1 Å². The van der Waals surface area contributed by atoms with Gasteiger partial charge in [0, 0.05) is 49.5 Å². The van der Waals surface area contributed by atoms with Gasteiger partial charge in [0.1, 0.15) is 6.04 Å². The number of benzene rings is 1. The van der Waals surface area contributed by atoms with E-state index >= 15 is 0 Å². The van der Waals surface area contributed by atoms with Gasteiger partial charge in [0.25, 0.3) is 0 Å². The average Bonchev–Trinajstić information content (AvgIpc) is 3.38. The van der Waals surface area contributed by atoms with Gasteiger partial charge in [0.05, 0.1) is 12.9 Å². The molecule has 7 heteroatoms. The standard InChI is InChI=1S/C22H30N4O3/c1-3-29-21(27)20-18(12-24-25-20)19-13-23-15-26(19)14-22(7-9-28-10-8-22)17-6-4-5-16(2)11-17/h4-6,11,13,15,18,20,24-25H,3,7-10,12,14H2,1-2H3. The molecule has 2 aromatic rings. The topological polar surface area (TPSA) is 77.4 Å². The minimum absolute atomic E-state index is 0.00138. The Morgan fingerprint density at radius 3 is 2.97 bits per heavy atom. The zero-order chi connectivity index (χ0) is 20.3. The number of esters is 1. The molecule has 1 aromatic heterocycles. The number of hydrogen-bond donors (Lipinski definition) is 2. The Bertz CT molecular complexity index is 844. The average molecular weight is 399 g/mol. The molecule has 4 rings (SSSR count). The number of imidazole rings is 1. The lowest BCUT2D eigenvalue weighted by Crippen LogP contribution is -2.41. The molecule has 2 fully saturated rings. The molecule has 0 aliphatic carbocycles. The molecule has 2 unspecified atom stereocenters. The Labute approximate surface area is 171 Å². The molecular weight excluding hydrogens is 368 g/mol. The molecular formula is C22H30N4O3. The summed E-state index contributed by atoms with van der Waals surface area (Å²) in [6.07, 6.45) is 5.71. The van der Waals surface area contributed by atoms with E-state index < -0.39 is 6.04 Å². The van der Waals surface area contributed by atoms with Crippen LogP contribution in [0.4, 0.5) is 0 Å². The van der Waals surface area contributed by atoms with E-state index in [0.29, 0.717) is 13.2 Å². The minimum atomic E-state index is -0.407. The summed E-state index contributed by atoms with van der Waals surface area (Å²) in [6.45, 7) is 7.34. The molecule has 3 heterocycles. The molecule has 2 saturated heterocycles. The normalized spacial score (nSPS) is 23.8. The maximum absolute atomic E-state index is 12.4. The fraction of sp³-hybridized carbons (Fsp3) is 0.545. The van der Waals surface area contributed by atoms with Gasteiger partial charge in [-0.3, -0.25) is 10.2 Å². The maximum Gasteiger partial charge on any atom is 0.325 e. The van der Waals surface area contributed by atoms with Crippen LogP contribution < -0.4 is 10.9 Å². The van der Waals surface area contributed by atoms with Crippen molar-refractivity contribution in [3.8, 4) is 0 Å². The Morgan fingerprint density at radius 1 is 1.38 bits per heavy atom. The van der Waals surface area contributed by atoms with Crippen LogP contribution in [0.25, 0.3) is 0 Å². The van der Waals surface area contributed by atoms with E-state index in [0.717, 1.165) is 38.3 Å². The predicted octanol–water partition coefficient (Wildman–Crippen LogP) is 2.06. The molecule has 0 amide bonds. The zero-order valence-electron chi connectivity index (χ0n) is 17.2. The van der Waals surface area contributed by atoms with E-state index in [-0.39, 0.29) is 17.3 Å². The van der Waals surface area contributed by atoms with Gasteiger partial charge >= 0.3 is 5.97 Å². The van der Waals surface area contributed by atoms with Crippen molar-refractivity contribution in [3.05, 3.63) is 53.6 Å². The summed E-state index contributed by atoms with van der Waals surface area (Å²) < 4.78 is 13.2. The third-order valence-electron chi connectivity index (χ3n) is 6.20. The smallest absolute Gasteiger partial charge is 0.325 e. The summed E-state index contributed by atoms with van der Waals surface area (Å²) in [5.74, 6) is -0.249. The van der Waals surface area contributed by atoms with Crippen LogP contribution in [0.1, 0.15) is 42.5 Å². The number of carbonyl (C=O) groups excluding carboxylic acids is 1. The first-order valence-corrected chi connectivity index (χ1v) is 10.4. The number of hydrogen-bond acceptors (Lipinski definition) is 6. The second-order valence-electron chi connectivity index (χ2n) is 8.07. The van der Waals surface area contributed by atoms with Crippen molar-refractivity contribution >= 4 is 5.97 Å². The molecule has 2 N–H and O–H groups in total. The fourth-order valence-electron chi connectivity index (χ4n) is 4.60. The van der Waals surface area contributed by atoms with Gasteiger partial charge in [0.2, 0.25) is 0 Å². The van der Waals surface area contributed by atoms with Crippen LogP contribution in [0, 0.1) is 6.92 Å². The monoisotopic (exact) mass is 398 g/mol. The summed E-state index contributed by atoms with van der Waals surface area (Å²) in [6, 6.07) is 8.39. The lowest BCUT2D eigenvalue weighted by molar-refractivity contribution is -0.145. The lowest BCUT2D eigenvalue weighted by Gasteiger charge is -2.39. The summed E-state index contributed by atoms with van der Waals surface area (Å²) in [4.78, 5) is 16.8. The van der Waals surface area contributed by atoms with Crippen molar-refractivity contribution < 1.29 is 14.3 Å².